The lowest BCUT2D eigenvalue weighted by Crippen LogP contribution is -2.32. The highest BCUT2D eigenvalue weighted by Crippen LogP contribution is 2.29. The first-order valence-electron chi connectivity index (χ1n) is 7.52. The molecule has 0 bridgehead atoms. The molecule has 0 spiro atoms. The number of rotatable bonds is 7. The van der Waals surface area contributed by atoms with E-state index in [0.29, 0.717) is 28.6 Å². The van der Waals surface area contributed by atoms with Gasteiger partial charge in [0.2, 0.25) is 5.88 Å². The minimum Gasteiger partial charge on any atom is -0.497 e. The summed E-state index contributed by atoms with van der Waals surface area (Å²) in [5.41, 5.74) is 1.03. The maximum absolute atomic E-state index is 11.9. The van der Waals surface area contributed by atoms with E-state index in [1.165, 1.54) is 27.5 Å². The van der Waals surface area contributed by atoms with Crippen LogP contribution in [0.5, 0.6) is 17.4 Å². The van der Waals surface area contributed by atoms with Gasteiger partial charge in [-0.05, 0) is 24.3 Å². The molecule has 8 heteroatoms. The Hall–Kier alpha value is -3.00. The van der Waals surface area contributed by atoms with Gasteiger partial charge in [0.15, 0.2) is 0 Å². The number of carbonyl (C=O) groups excluding carboxylic acids is 1. The van der Waals surface area contributed by atoms with Gasteiger partial charge in [0.05, 0.1) is 33.2 Å². The Balaban J connectivity index is 1.94. The summed E-state index contributed by atoms with van der Waals surface area (Å²) in [6.07, 6.45) is 0.518. The first-order valence-corrected chi connectivity index (χ1v) is 7.52. The summed E-state index contributed by atoms with van der Waals surface area (Å²) in [4.78, 5) is 15.9. The molecular formula is C17H21N3O5. The third-order valence-corrected chi connectivity index (χ3v) is 3.46. The fourth-order valence-corrected chi connectivity index (χ4v) is 2.15. The molecule has 1 aromatic heterocycles. The third-order valence-electron chi connectivity index (χ3n) is 3.46. The Bertz CT molecular complexity index is 706. The molecular weight excluding hydrogens is 326 g/mol. The average molecular weight is 347 g/mol. The van der Waals surface area contributed by atoms with E-state index in [0.717, 1.165) is 0 Å². The van der Waals surface area contributed by atoms with Crippen molar-refractivity contribution in [1.29, 1.82) is 0 Å². The predicted molar refractivity (Wildman–Crippen MR) is 92.3 cm³/mol. The van der Waals surface area contributed by atoms with Crippen LogP contribution in [-0.4, -0.2) is 44.0 Å². The van der Waals surface area contributed by atoms with Crippen LogP contribution >= 0.6 is 0 Å². The normalized spacial score (nSPS) is 11.4. The van der Waals surface area contributed by atoms with Crippen LogP contribution in [0.1, 0.15) is 11.7 Å². The molecule has 25 heavy (non-hydrogen) atoms. The van der Waals surface area contributed by atoms with Crippen molar-refractivity contribution in [2.24, 2.45) is 0 Å². The zero-order chi connectivity index (χ0) is 18.2. The van der Waals surface area contributed by atoms with E-state index < -0.39 is 12.1 Å². The molecule has 0 aliphatic carbocycles. The van der Waals surface area contributed by atoms with Gasteiger partial charge in [-0.15, -0.1) is 0 Å². The van der Waals surface area contributed by atoms with Crippen molar-refractivity contribution >= 4 is 11.7 Å². The molecule has 1 heterocycles. The summed E-state index contributed by atoms with van der Waals surface area (Å²) in [5, 5.41) is 15.5. The number of carbonyl (C=O) groups is 1. The van der Waals surface area contributed by atoms with E-state index in [4.69, 9.17) is 14.2 Å². The molecule has 2 rings (SSSR count). The van der Waals surface area contributed by atoms with Crippen LogP contribution in [0.3, 0.4) is 0 Å². The topological polar surface area (TPSA) is 102 Å². The average Bonchev–Trinajstić information content (AvgIpc) is 2.66. The lowest BCUT2D eigenvalue weighted by Gasteiger charge is -2.16. The third kappa shape index (κ3) is 4.98. The number of hydrogen-bond acceptors (Lipinski definition) is 6. The number of benzene rings is 1. The van der Waals surface area contributed by atoms with Gasteiger partial charge in [-0.2, -0.15) is 0 Å². The van der Waals surface area contributed by atoms with E-state index >= 15 is 0 Å². The number of hydrogen-bond donors (Lipinski definition) is 3. The zero-order valence-electron chi connectivity index (χ0n) is 14.3. The SMILES string of the molecule is COc1ccc(OC)c([C@H](O)CNC(=O)Nc2ccc(OC)nc2)c1. The van der Waals surface area contributed by atoms with Crippen LogP contribution < -0.4 is 24.8 Å². The summed E-state index contributed by atoms with van der Waals surface area (Å²) < 4.78 is 15.3. The van der Waals surface area contributed by atoms with Crippen molar-refractivity contribution in [2.45, 2.75) is 6.10 Å². The highest BCUT2D eigenvalue weighted by molar-refractivity contribution is 5.89. The van der Waals surface area contributed by atoms with Gasteiger partial charge in [-0.3, -0.25) is 0 Å². The van der Waals surface area contributed by atoms with Gasteiger partial charge in [0, 0.05) is 18.2 Å². The van der Waals surface area contributed by atoms with Crippen molar-refractivity contribution < 1.29 is 24.1 Å². The Morgan fingerprint density at radius 3 is 2.56 bits per heavy atom. The fraction of sp³-hybridized carbons (Fsp3) is 0.294. The molecule has 0 unspecified atom stereocenters. The first-order chi connectivity index (χ1) is 12.1. The summed E-state index contributed by atoms with van der Waals surface area (Å²) in [6.45, 7) is -0.00105. The molecule has 1 aromatic carbocycles. The standard InChI is InChI=1S/C17H21N3O5/c1-23-12-5-6-15(24-2)13(8-12)14(21)10-19-17(22)20-11-4-7-16(25-3)18-9-11/h4-9,14,21H,10H2,1-3H3,(H2,19,20,22)/t14-/m1/s1. The minimum absolute atomic E-state index is 0.00105. The maximum atomic E-state index is 11.9. The molecule has 2 amide bonds. The fourth-order valence-electron chi connectivity index (χ4n) is 2.15. The molecule has 0 aliphatic heterocycles. The second-order valence-corrected chi connectivity index (χ2v) is 5.05. The largest absolute Gasteiger partial charge is 0.497 e. The second-order valence-electron chi connectivity index (χ2n) is 5.05. The predicted octanol–water partition coefficient (Wildman–Crippen LogP) is 1.96. The number of nitrogens with zero attached hydrogens (tertiary/aromatic N) is 1. The maximum Gasteiger partial charge on any atom is 0.319 e. The molecule has 0 saturated heterocycles. The summed E-state index contributed by atoms with van der Waals surface area (Å²) >= 11 is 0. The van der Waals surface area contributed by atoms with Crippen LogP contribution in [0.25, 0.3) is 0 Å². The van der Waals surface area contributed by atoms with Crippen LogP contribution in [0.4, 0.5) is 10.5 Å². The van der Waals surface area contributed by atoms with E-state index in [9.17, 15) is 9.90 Å². The van der Waals surface area contributed by atoms with E-state index in [2.05, 4.69) is 15.6 Å². The van der Waals surface area contributed by atoms with Gasteiger partial charge >= 0.3 is 6.03 Å². The molecule has 1 atom stereocenters. The summed E-state index contributed by atoms with van der Waals surface area (Å²) in [7, 11) is 4.55. The van der Waals surface area contributed by atoms with Crippen LogP contribution in [-0.2, 0) is 0 Å². The molecule has 2 aromatic rings. The molecule has 3 N–H and O–H groups in total. The number of anilines is 1. The number of amides is 2. The quantitative estimate of drug-likeness (QED) is 0.708. The van der Waals surface area contributed by atoms with Gasteiger partial charge in [0.25, 0.3) is 0 Å². The molecule has 0 saturated carbocycles. The Labute approximate surface area is 145 Å². The number of ether oxygens (including phenoxy) is 3. The minimum atomic E-state index is -0.954. The van der Waals surface area contributed by atoms with Crippen molar-refractivity contribution in [2.75, 3.05) is 33.2 Å². The smallest absolute Gasteiger partial charge is 0.319 e. The monoisotopic (exact) mass is 347 g/mol. The second kappa shape index (κ2) is 8.74. The van der Waals surface area contributed by atoms with Gasteiger partial charge in [-0.25, -0.2) is 9.78 Å². The van der Waals surface area contributed by atoms with Gasteiger partial charge in [0.1, 0.15) is 17.6 Å². The van der Waals surface area contributed by atoms with E-state index in [1.807, 2.05) is 0 Å². The number of aromatic nitrogens is 1. The molecule has 8 nitrogen and oxygen atoms in total. The summed E-state index contributed by atoms with van der Waals surface area (Å²) in [6, 6.07) is 7.91. The first kappa shape index (κ1) is 18.3. The summed E-state index contributed by atoms with van der Waals surface area (Å²) in [5.74, 6) is 1.55. The van der Waals surface area contributed by atoms with E-state index in [1.54, 1.807) is 30.3 Å². The molecule has 0 radical (unpaired) electrons. The Morgan fingerprint density at radius 2 is 1.96 bits per heavy atom. The van der Waals surface area contributed by atoms with Crippen LogP contribution in [0.2, 0.25) is 0 Å². The van der Waals surface area contributed by atoms with Crippen molar-refractivity contribution in [3.63, 3.8) is 0 Å². The van der Waals surface area contributed by atoms with E-state index in [-0.39, 0.29) is 6.54 Å². The lowest BCUT2D eigenvalue weighted by molar-refractivity contribution is 0.170. The Kier molecular flexibility index (Phi) is 6.41. The number of methoxy groups -OCH3 is 3. The number of aliphatic hydroxyl groups is 1. The number of urea groups is 1. The highest BCUT2D eigenvalue weighted by Gasteiger charge is 2.15. The Morgan fingerprint density at radius 1 is 1.16 bits per heavy atom. The van der Waals surface area contributed by atoms with Gasteiger partial charge < -0.3 is 30.0 Å². The number of nitrogens with one attached hydrogen (secondary N) is 2. The lowest BCUT2D eigenvalue weighted by atomic mass is 10.1. The molecule has 134 valence electrons. The van der Waals surface area contributed by atoms with Crippen LogP contribution in [0.15, 0.2) is 36.5 Å². The number of pyridine rings is 1. The van der Waals surface area contributed by atoms with Crippen molar-refractivity contribution in [3.8, 4) is 17.4 Å². The van der Waals surface area contributed by atoms with Crippen molar-refractivity contribution in [3.05, 3.63) is 42.1 Å². The van der Waals surface area contributed by atoms with Crippen LogP contribution in [0, 0.1) is 0 Å². The van der Waals surface area contributed by atoms with Gasteiger partial charge in [-0.1, -0.05) is 0 Å². The van der Waals surface area contributed by atoms with Crippen molar-refractivity contribution in [1.82, 2.24) is 10.3 Å². The zero-order valence-corrected chi connectivity index (χ0v) is 14.3. The molecule has 0 fully saturated rings. The molecule has 0 aliphatic rings. The number of aliphatic hydroxyl groups excluding tert-OH is 1. The highest BCUT2D eigenvalue weighted by atomic mass is 16.5.